The Kier molecular flexibility index (Phi) is 7.57. The molecule has 174 valence electrons. The predicted octanol–water partition coefficient (Wildman–Crippen LogP) is 3.67. The van der Waals surface area contributed by atoms with Crippen molar-refractivity contribution < 1.29 is 14.3 Å². The highest BCUT2D eigenvalue weighted by Gasteiger charge is 2.27. The second-order valence-corrected chi connectivity index (χ2v) is 8.84. The number of rotatable bonds is 7. The van der Waals surface area contributed by atoms with Crippen LogP contribution < -0.4 is 10.6 Å². The molecule has 2 N–H and O–H groups in total. The zero-order chi connectivity index (χ0) is 23.2. The molecule has 4 rings (SSSR count). The van der Waals surface area contributed by atoms with E-state index in [1.165, 1.54) is 22.3 Å². The number of ether oxygens (including phenoxy) is 1. The number of carbonyl (C=O) groups excluding carboxylic acids is 2. The van der Waals surface area contributed by atoms with Gasteiger partial charge in [0, 0.05) is 31.7 Å². The average Bonchev–Trinajstić information content (AvgIpc) is 2.81. The van der Waals surface area contributed by atoms with Crippen LogP contribution in [0.5, 0.6) is 0 Å². The number of allylic oxidation sites excluding steroid dienone is 1. The first kappa shape index (κ1) is 23.2. The number of amides is 2. The summed E-state index contributed by atoms with van der Waals surface area (Å²) in [5, 5.41) is 5.76. The first-order chi connectivity index (χ1) is 16.0. The Balaban J connectivity index is 1.47. The highest BCUT2D eigenvalue weighted by molar-refractivity contribution is 6.01. The number of carbonyl (C=O) groups is 2. The summed E-state index contributed by atoms with van der Waals surface area (Å²) in [6.45, 7) is 8.69. The molecular formula is C27H33N3O3. The number of benzene rings is 2. The smallest absolute Gasteiger partial charge is 0.249 e. The number of piperidine rings is 1. The van der Waals surface area contributed by atoms with E-state index in [0.717, 1.165) is 50.5 Å². The minimum atomic E-state index is -0.385. The van der Waals surface area contributed by atoms with Crippen LogP contribution in [0.2, 0.25) is 0 Å². The van der Waals surface area contributed by atoms with Crippen molar-refractivity contribution in [3.05, 3.63) is 70.3 Å². The molecule has 0 bridgehead atoms. The van der Waals surface area contributed by atoms with Crippen LogP contribution >= 0.6 is 0 Å². The van der Waals surface area contributed by atoms with Crippen LogP contribution in [0.3, 0.4) is 0 Å². The molecule has 2 aromatic rings. The van der Waals surface area contributed by atoms with Crippen LogP contribution in [-0.4, -0.2) is 49.1 Å². The molecular weight excluding hydrogens is 414 g/mol. The largest absolute Gasteiger partial charge is 0.379 e. The van der Waals surface area contributed by atoms with E-state index in [1.54, 1.807) is 0 Å². The first-order valence-corrected chi connectivity index (χ1v) is 11.8. The van der Waals surface area contributed by atoms with Gasteiger partial charge in [0.25, 0.3) is 0 Å². The van der Waals surface area contributed by atoms with Crippen molar-refractivity contribution in [2.75, 3.05) is 31.6 Å². The SMILES string of the molecule is CC=Cc1c(Cc2ccc(CN3CCOCC3)cc2)ccc(N[C@H]2CCC(=O)NC2=O)c1C. The molecule has 0 saturated carbocycles. The minimum absolute atomic E-state index is 0.198. The normalized spacial score (nSPS) is 19.6. The number of nitrogens with zero attached hydrogens (tertiary/aromatic N) is 1. The molecule has 2 heterocycles. The summed E-state index contributed by atoms with van der Waals surface area (Å²) in [7, 11) is 0. The van der Waals surface area contributed by atoms with Gasteiger partial charge in [0.2, 0.25) is 11.8 Å². The standard InChI is InChI=1S/C27H33N3O3/c1-3-4-23-19(2)24(28-25-11-12-26(31)29-27(25)32)10-9-22(23)17-20-5-7-21(8-6-20)18-30-13-15-33-16-14-30/h3-10,25,28H,11-18H2,1-2H3,(H,29,31,32)/t25-/m0/s1. The third kappa shape index (κ3) is 5.89. The zero-order valence-electron chi connectivity index (χ0n) is 19.5. The minimum Gasteiger partial charge on any atom is -0.379 e. The van der Waals surface area contributed by atoms with Gasteiger partial charge in [0.1, 0.15) is 6.04 Å². The molecule has 1 atom stereocenters. The first-order valence-electron chi connectivity index (χ1n) is 11.8. The van der Waals surface area contributed by atoms with Gasteiger partial charge < -0.3 is 10.1 Å². The number of nitrogens with one attached hydrogen (secondary N) is 2. The monoisotopic (exact) mass is 447 g/mol. The topological polar surface area (TPSA) is 70.7 Å². The lowest BCUT2D eigenvalue weighted by molar-refractivity contribution is -0.133. The third-order valence-corrected chi connectivity index (χ3v) is 6.43. The van der Waals surface area contributed by atoms with Gasteiger partial charge >= 0.3 is 0 Å². The average molecular weight is 448 g/mol. The molecule has 2 aliphatic rings. The number of hydrogen-bond acceptors (Lipinski definition) is 5. The Morgan fingerprint density at radius 1 is 1.09 bits per heavy atom. The molecule has 0 spiro atoms. The molecule has 2 amide bonds. The number of anilines is 1. The van der Waals surface area contributed by atoms with Crippen LogP contribution in [-0.2, 0) is 27.3 Å². The maximum Gasteiger partial charge on any atom is 0.249 e. The second kappa shape index (κ2) is 10.8. The summed E-state index contributed by atoms with van der Waals surface area (Å²) in [6.07, 6.45) is 5.91. The number of imide groups is 1. The Labute approximate surface area is 196 Å². The van der Waals surface area contributed by atoms with Crippen molar-refractivity contribution in [3.8, 4) is 0 Å². The molecule has 2 saturated heterocycles. The second-order valence-electron chi connectivity index (χ2n) is 8.84. The Bertz CT molecular complexity index is 1020. The molecule has 33 heavy (non-hydrogen) atoms. The molecule has 0 aromatic heterocycles. The molecule has 6 heteroatoms. The molecule has 2 fully saturated rings. The van der Waals surface area contributed by atoms with Gasteiger partial charge in [0.05, 0.1) is 13.2 Å². The van der Waals surface area contributed by atoms with Crippen LogP contribution in [0.1, 0.15) is 47.6 Å². The summed E-state index contributed by atoms with van der Waals surface area (Å²) >= 11 is 0. The highest BCUT2D eigenvalue weighted by Crippen LogP contribution is 2.28. The Hall–Kier alpha value is -2.96. The van der Waals surface area contributed by atoms with E-state index in [9.17, 15) is 9.59 Å². The maximum atomic E-state index is 12.2. The fraction of sp³-hybridized carbons (Fsp3) is 0.407. The predicted molar refractivity (Wildman–Crippen MR) is 131 cm³/mol. The molecule has 2 aromatic carbocycles. The van der Waals surface area contributed by atoms with Gasteiger partial charge in [-0.2, -0.15) is 0 Å². The van der Waals surface area contributed by atoms with Crippen molar-refractivity contribution in [2.45, 2.75) is 45.7 Å². The fourth-order valence-corrected chi connectivity index (χ4v) is 4.51. The van der Waals surface area contributed by atoms with Crippen molar-refractivity contribution >= 4 is 23.6 Å². The maximum absolute atomic E-state index is 12.2. The number of hydrogen-bond donors (Lipinski definition) is 2. The molecule has 0 radical (unpaired) electrons. The molecule has 0 aliphatic carbocycles. The van der Waals surface area contributed by atoms with Gasteiger partial charge in [-0.3, -0.25) is 19.8 Å². The van der Waals surface area contributed by atoms with E-state index in [-0.39, 0.29) is 17.9 Å². The van der Waals surface area contributed by atoms with E-state index in [4.69, 9.17) is 4.74 Å². The fourth-order valence-electron chi connectivity index (χ4n) is 4.51. The van der Waals surface area contributed by atoms with Crippen LogP contribution in [0, 0.1) is 6.92 Å². The summed E-state index contributed by atoms with van der Waals surface area (Å²) in [4.78, 5) is 26.0. The Morgan fingerprint density at radius 2 is 1.82 bits per heavy atom. The third-order valence-electron chi connectivity index (χ3n) is 6.43. The van der Waals surface area contributed by atoms with Crippen molar-refractivity contribution in [1.29, 1.82) is 0 Å². The van der Waals surface area contributed by atoms with Gasteiger partial charge in [0.15, 0.2) is 0 Å². The molecule has 0 unspecified atom stereocenters. The van der Waals surface area contributed by atoms with Gasteiger partial charge in [-0.25, -0.2) is 0 Å². The molecule has 2 aliphatic heterocycles. The van der Waals surface area contributed by atoms with E-state index in [0.29, 0.717) is 12.8 Å². The van der Waals surface area contributed by atoms with Crippen LogP contribution in [0.15, 0.2) is 42.5 Å². The highest BCUT2D eigenvalue weighted by atomic mass is 16.5. The Morgan fingerprint density at radius 3 is 2.52 bits per heavy atom. The zero-order valence-corrected chi connectivity index (χ0v) is 19.5. The van der Waals surface area contributed by atoms with E-state index >= 15 is 0 Å². The summed E-state index contributed by atoms with van der Waals surface area (Å²) in [5.41, 5.74) is 7.07. The van der Waals surface area contributed by atoms with Crippen molar-refractivity contribution in [3.63, 3.8) is 0 Å². The van der Waals surface area contributed by atoms with E-state index < -0.39 is 0 Å². The van der Waals surface area contributed by atoms with Crippen molar-refractivity contribution in [2.24, 2.45) is 0 Å². The van der Waals surface area contributed by atoms with Crippen LogP contribution in [0.4, 0.5) is 5.69 Å². The summed E-state index contributed by atoms with van der Waals surface area (Å²) in [6, 6.07) is 12.7. The van der Waals surface area contributed by atoms with Crippen molar-refractivity contribution in [1.82, 2.24) is 10.2 Å². The lowest BCUT2D eigenvalue weighted by Gasteiger charge is -2.26. The van der Waals surface area contributed by atoms with Gasteiger partial charge in [-0.05, 0) is 60.6 Å². The lowest BCUT2D eigenvalue weighted by Crippen LogP contribution is -2.47. The lowest BCUT2D eigenvalue weighted by atomic mass is 9.93. The van der Waals surface area contributed by atoms with Gasteiger partial charge in [-0.15, -0.1) is 0 Å². The van der Waals surface area contributed by atoms with Gasteiger partial charge in [-0.1, -0.05) is 42.5 Å². The number of morpholine rings is 1. The quantitative estimate of drug-likeness (QED) is 0.634. The molecule has 6 nitrogen and oxygen atoms in total. The van der Waals surface area contributed by atoms with Crippen LogP contribution in [0.25, 0.3) is 6.08 Å². The van der Waals surface area contributed by atoms with E-state index in [1.807, 2.05) is 19.1 Å². The summed E-state index contributed by atoms with van der Waals surface area (Å²) < 4.78 is 5.44. The summed E-state index contributed by atoms with van der Waals surface area (Å²) in [5.74, 6) is -0.449. The van der Waals surface area contributed by atoms with E-state index in [2.05, 4.69) is 58.9 Å².